The molecule has 3 rings (SSSR count). The summed E-state index contributed by atoms with van der Waals surface area (Å²) in [7, 11) is 0. The van der Waals surface area contributed by atoms with Crippen molar-refractivity contribution >= 4 is 5.97 Å². The van der Waals surface area contributed by atoms with Gasteiger partial charge in [0.25, 0.3) is 0 Å². The fourth-order valence-electron chi connectivity index (χ4n) is 3.55. The summed E-state index contributed by atoms with van der Waals surface area (Å²) in [6.07, 6.45) is 2.27. The van der Waals surface area contributed by atoms with Crippen LogP contribution in [-0.2, 0) is 9.53 Å². The van der Waals surface area contributed by atoms with E-state index < -0.39 is 11.3 Å². The molecule has 1 aliphatic carbocycles. The minimum atomic E-state index is -1.68. The number of nitrogens with zero attached hydrogens (tertiary/aromatic N) is 2. The fraction of sp³-hybridized carbons (Fsp3) is 0.435. The Hall–Kier alpha value is -2.74. The van der Waals surface area contributed by atoms with Crippen molar-refractivity contribution in [2.75, 3.05) is 0 Å². The number of benzene rings is 1. The smallest absolute Gasteiger partial charge is 0.310 e. The first kappa shape index (κ1) is 20.0. The Morgan fingerprint density at radius 2 is 1.96 bits per heavy atom. The molecule has 2 aromatic rings. The highest BCUT2D eigenvalue weighted by atomic mass is 19.1. The van der Waals surface area contributed by atoms with Crippen molar-refractivity contribution < 1.29 is 13.9 Å². The Morgan fingerprint density at radius 1 is 1.21 bits per heavy atom. The molecule has 0 aliphatic heterocycles. The van der Waals surface area contributed by atoms with Gasteiger partial charge >= 0.3 is 5.97 Å². The van der Waals surface area contributed by atoms with Gasteiger partial charge in [-0.05, 0) is 57.2 Å². The molecule has 0 spiro atoms. The van der Waals surface area contributed by atoms with Gasteiger partial charge in [0.1, 0.15) is 11.3 Å². The first-order valence-electron chi connectivity index (χ1n) is 9.53. The Bertz CT molecular complexity index is 868. The van der Waals surface area contributed by atoms with Crippen molar-refractivity contribution in [3.8, 4) is 11.8 Å². The van der Waals surface area contributed by atoms with E-state index in [1.807, 2.05) is 51.1 Å². The first-order chi connectivity index (χ1) is 13.3. The molecule has 1 fully saturated rings. The summed E-state index contributed by atoms with van der Waals surface area (Å²) in [5.41, 5.74) is -0.892. The SMILES string of the molecule is CC(C)(C)OC(=O)[C@@H]1CCC(F)(C#Cc2cccnn2)C[C@H]1c1ccccc1. The summed E-state index contributed by atoms with van der Waals surface area (Å²) in [6, 6.07) is 13.0. The average Bonchev–Trinajstić information content (AvgIpc) is 2.66. The third-order valence-corrected chi connectivity index (χ3v) is 4.80. The number of carbonyl (C=O) groups is 1. The Balaban J connectivity index is 1.87. The van der Waals surface area contributed by atoms with Gasteiger partial charge in [-0.1, -0.05) is 36.3 Å². The first-order valence-corrected chi connectivity index (χ1v) is 9.53. The zero-order valence-electron chi connectivity index (χ0n) is 16.5. The summed E-state index contributed by atoms with van der Waals surface area (Å²) in [5.74, 6) is 4.60. The van der Waals surface area contributed by atoms with Crippen LogP contribution in [0.5, 0.6) is 0 Å². The Labute approximate surface area is 165 Å². The molecule has 0 amide bonds. The number of rotatable bonds is 2. The summed E-state index contributed by atoms with van der Waals surface area (Å²) in [4.78, 5) is 12.8. The van der Waals surface area contributed by atoms with Crippen molar-refractivity contribution in [1.82, 2.24) is 10.2 Å². The second-order valence-corrected chi connectivity index (χ2v) is 8.22. The van der Waals surface area contributed by atoms with Crippen LogP contribution in [0.2, 0.25) is 0 Å². The highest BCUT2D eigenvalue weighted by Gasteiger charge is 2.45. The van der Waals surface area contributed by atoms with Crippen LogP contribution in [0.4, 0.5) is 4.39 Å². The van der Waals surface area contributed by atoms with E-state index in [4.69, 9.17) is 4.74 Å². The molecule has 1 heterocycles. The topological polar surface area (TPSA) is 52.1 Å². The maximum Gasteiger partial charge on any atom is 0.310 e. The van der Waals surface area contributed by atoms with Crippen LogP contribution in [-0.4, -0.2) is 27.4 Å². The van der Waals surface area contributed by atoms with Crippen LogP contribution in [0, 0.1) is 17.8 Å². The van der Waals surface area contributed by atoms with Crippen LogP contribution < -0.4 is 0 Å². The summed E-state index contributed by atoms with van der Waals surface area (Å²) in [5, 5.41) is 7.66. The number of halogens is 1. The minimum absolute atomic E-state index is 0.147. The van der Waals surface area contributed by atoms with E-state index in [1.54, 1.807) is 18.3 Å². The Kier molecular flexibility index (Phi) is 5.79. The number of carbonyl (C=O) groups excluding carboxylic acids is 1. The number of esters is 1. The summed E-state index contributed by atoms with van der Waals surface area (Å²) in [6.45, 7) is 5.53. The van der Waals surface area contributed by atoms with Crippen molar-refractivity contribution in [1.29, 1.82) is 0 Å². The zero-order chi connectivity index (χ0) is 20.2. The molecular weight excluding hydrogens is 355 g/mol. The number of hydrogen-bond donors (Lipinski definition) is 0. The zero-order valence-corrected chi connectivity index (χ0v) is 16.5. The molecule has 1 aromatic carbocycles. The average molecular weight is 380 g/mol. The minimum Gasteiger partial charge on any atom is -0.460 e. The van der Waals surface area contributed by atoms with E-state index >= 15 is 4.39 Å². The molecule has 1 saturated carbocycles. The molecule has 28 heavy (non-hydrogen) atoms. The van der Waals surface area contributed by atoms with Crippen LogP contribution in [0.3, 0.4) is 0 Å². The molecule has 3 atom stereocenters. The van der Waals surface area contributed by atoms with E-state index in [9.17, 15) is 4.79 Å². The van der Waals surface area contributed by atoms with Gasteiger partial charge < -0.3 is 4.74 Å². The van der Waals surface area contributed by atoms with Crippen molar-refractivity contribution in [2.45, 2.75) is 57.2 Å². The fourth-order valence-corrected chi connectivity index (χ4v) is 3.55. The number of alkyl halides is 1. The van der Waals surface area contributed by atoms with E-state index in [-0.39, 0.29) is 30.6 Å². The highest BCUT2D eigenvalue weighted by molar-refractivity contribution is 5.74. The van der Waals surface area contributed by atoms with Gasteiger partial charge in [0.15, 0.2) is 5.67 Å². The molecule has 1 aliphatic rings. The van der Waals surface area contributed by atoms with Gasteiger partial charge in [-0.3, -0.25) is 4.79 Å². The van der Waals surface area contributed by atoms with E-state index in [2.05, 4.69) is 22.0 Å². The molecule has 5 heteroatoms. The van der Waals surface area contributed by atoms with Crippen molar-refractivity contribution in [3.05, 3.63) is 59.9 Å². The largest absolute Gasteiger partial charge is 0.460 e. The summed E-state index contributed by atoms with van der Waals surface area (Å²) >= 11 is 0. The van der Waals surface area contributed by atoms with Crippen molar-refractivity contribution in [3.63, 3.8) is 0 Å². The maximum atomic E-state index is 15.6. The lowest BCUT2D eigenvalue weighted by Gasteiger charge is -2.37. The molecule has 1 unspecified atom stereocenters. The number of hydrogen-bond acceptors (Lipinski definition) is 4. The molecule has 1 aromatic heterocycles. The number of aromatic nitrogens is 2. The van der Waals surface area contributed by atoms with Crippen molar-refractivity contribution in [2.24, 2.45) is 5.92 Å². The normalized spacial score (nSPS) is 24.7. The quantitative estimate of drug-likeness (QED) is 0.570. The highest BCUT2D eigenvalue weighted by Crippen LogP contribution is 2.45. The maximum absolute atomic E-state index is 15.6. The Morgan fingerprint density at radius 3 is 2.61 bits per heavy atom. The van der Waals surface area contributed by atoms with Crippen LogP contribution in [0.1, 0.15) is 57.2 Å². The molecule has 0 saturated heterocycles. The lowest BCUT2D eigenvalue weighted by molar-refractivity contribution is -0.162. The van der Waals surface area contributed by atoms with Crippen LogP contribution in [0.25, 0.3) is 0 Å². The predicted molar refractivity (Wildman–Crippen MR) is 105 cm³/mol. The number of ether oxygens (including phenoxy) is 1. The lowest BCUT2D eigenvalue weighted by Crippen LogP contribution is -2.39. The third-order valence-electron chi connectivity index (χ3n) is 4.80. The second kappa shape index (κ2) is 8.10. The van der Waals surface area contributed by atoms with Gasteiger partial charge in [-0.15, -0.1) is 5.10 Å². The van der Waals surface area contributed by atoms with E-state index in [1.165, 1.54) is 0 Å². The van der Waals surface area contributed by atoms with Crippen LogP contribution in [0.15, 0.2) is 48.7 Å². The second-order valence-electron chi connectivity index (χ2n) is 8.22. The predicted octanol–water partition coefficient (Wildman–Crippen LogP) is 4.46. The van der Waals surface area contributed by atoms with E-state index in [0.29, 0.717) is 12.1 Å². The molecule has 146 valence electrons. The molecule has 0 radical (unpaired) electrons. The molecular formula is C23H25FN2O2. The van der Waals surface area contributed by atoms with Gasteiger partial charge in [0.05, 0.1) is 5.92 Å². The monoisotopic (exact) mass is 380 g/mol. The lowest BCUT2D eigenvalue weighted by atomic mass is 9.70. The standard InChI is InChI=1S/C23H25FN2O2/c1-22(2,3)28-21(27)19-12-14-23(24,13-11-18-10-7-15-25-26-18)16-20(19)17-8-5-4-6-9-17/h4-10,15,19-20H,12,14,16H2,1-3H3/t19-,20+,23?/m1/s1. The van der Waals surface area contributed by atoms with Gasteiger partial charge in [0.2, 0.25) is 0 Å². The van der Waals surface area contributed by atoms with Gasteiger partial charge in [0, 0.05) is 18.5 Å². The molecule has 0 N–H and O–H groups in total. The molecule has 0 bridgehead atoms. The summed E-state index contributed by atoms with van der Waals surface area (Å²) < 4.78 is 21.2. The molecule has 4 nitrogen and oxygen atoms in total. The van der Waals surface area contributed by atoms with Gasteiger partial charge in [-0.25, -0.2) is 4.39 Å². The third kappa shape index (κ3) is 5.16. The van der Waals surface area contributed by atoms with Crippen LogP contribution >= 0.6 is 0 Å². The van der Waals surface area contributed by atoms with Gasteiger partial charge in [-0.2, -0.15) is 5.10 Å². The van der Waals surface area contributed by atoms with E-state index in [0.717, 1.165) is 5.56 Å².